The van der Waals surface area contributed by atoms with Crippen LogP contribution >= 0.6 is 0 Å². The summed E-state index contributed by atoms with van der Waals surface area (Å²) in [6.45, 7) is 3.77. The van der Waals surface area contributed by atoms with Crippen LogP contribution in [0.2, 0.25) is 0 Å². The number of pyridine rings is 1. The fourth-order valence-electron chi connectivity index (χ4n) is 4.57. The number of hydrogen-bond donors (Lipinski definition) is 1. The minimum absolute atomic E-state index is 0.128. The first-order valence-corrected chi connectivity index (χ1v) is 11.7. The lowest BCUT2D eigenvalue weighted by Gasteiger charge is -2.32. The summed E-state index contributed by atoms with van der Waals surface area (Å²) >= 11 is 0. The quantitative estimate of drug-likeness (QED) is 0.586. The molecule has 0 radical (unpaired) electrons. The van der Waals surface area contributed by atoms with Crippen molar-refractivity contribution in [3.8, 4) is 11.5 Å². The van der Waals surface area contributed by atoms with Crippen LogP contribution in [0.1, 0.15) is 27.0 Å². The zero-order valence-corrected chi connectivity index (χ0v) is 19.1. The predicted molar refractivity (Wildman–Crippen MR) is 128 cm³/mol. The Hall–Kier alpha value is -3.42. The SMILES string of the molecule is O=C1c2ccc(OCc3ccncc3)cc2OCCN1C[C@H](O)CN1CCc2ccccc2C1. The molecule has 176 valence electrons. The fourth-order valence-corrected chi connectivity index (χ4v) is 4.57. The number of carbonyl (C=O) groups excluding carboxylic acids is 1. The number of nitrogens with zero attached hydrogens (tertiary/aromatic N) is 3. The van der Waals surface area contributed by atoms with Crippen molar-refractivity contribution < 1.29 is 19.4 Å². The Morgan fingerprint density at radius 3 is 2.71 bits per heavy atom. The Balaban J connectivity index is 1.19. The van der Waals surface area contributed by atoms with E-state index in [1.165, 1.54) is 11.1 Å². The van der Waals surface area contributed by atoms with Crippen molar-refractivity contribution in [3.05, 3.63) is 89.2 Å². The third-order valence-corrected chi connectivity index (χ3v) is 6.35. The maximum atomic E-state index is 13.2. The van der Waals surface area contributed by atoms with Gasteiger partial charge in [-0.05, 0) is 47.4 Å². The van der Waals surface area contributed by atoms with Crippen LogP contribution in [0, 0.1) is 0 Å². The van der Waals surface area contributed by atoms with Gasteiger partial charge >= 0.3 is 0 Å². The van der Waals surface area contributed by atoms with Gasteiger partial charge in [-0.2, -0.15) is 0 Å². The zero-order valence-electron chi connectivity index (χ0n) is 19.1. The standard InChI is InChI=1S/C27H29N3O4/c31-23(17-29-12-9-21-3-1-2-4-22(21)16-29)18-30-13-14-33-26-15-24(5-6-25(26)27(30)32)34-19-20-7-10-28-11-8-20/h1-8,10-11,15,23,31H,9,12-14,16-19H2/t23-/m1/s1. The van der Waals surface area contributed by atoms with Gasteiger partial charge in [-0.1, -0.05) is 24.3 Å². The van der Waals surface area contributed by atoms with E-state index in [0.29, 0.717) is 43.4 Å². The van der Waals surface area contributed by atoms with Gasteiger partial charge in [0.2, 0.25) is 0 Å². The molecule has 1 N–H and O–H groups in total. The minimum Gasteiger partial charge on any atom is -0.491 e. The largest absolute Gasteiger partial charge is 0.491 e. The Morgan fingerprint density at radius 1 is 1.03 bits per heavy atom. The van der Waals surface area contributed by atoms with Crippen molar-refractivity contribution in [3.63, 3.8) is 0 Å². The molecule has 1 amide bonds. The normalized spacial score (nSPS) is 16.7. The van der Waals surface area contributed by atoms with Crippen molar-refractivity contribution in [2.45, 2.75) is 25.7 Å². The van der Waals surface area contributed by atoms with Crippen LogP contribution in [0.25, 0.3) is 0 Å². The summed E-state index contributed by atoms with van der Waals surface area (Å²) in [5.41, 5.74) is 4.21. The number of β-amino-alcohol motifs (C(OH)–C–C–N with tert-alkyl or cyclic N) is 1. The van der Waals surface area contributed by atoms with Crippen molar-refractivity contribution in [1.82, 2.24) is 14.8 Å². The number of benzene rings is 2. The second-order valence-electron chi connectivity index (χ2n) is 8.81. The maximum Gasteiger partial charge on any atom is 0.257 e. The summed E-state index contributed by atoms with van der Waals surface area (Å²) in [7, 11) is 0. The molecule has 0 saturated heterocycles. The third-order valence-electron chi connectivity index (χ3n) is 6.35. The molecular weight excluding hydrogens is 430 g/mol. The topological polar surface area (TPSA) is 75.1 Å². The second kappa shape index (κ2) is 10.2. The Labute approximate surface area is 199 Å². The summed E-state index contributed by atoms with van der Waals surface area (Å²) in [5, 5.41) is 10.8. The number of ether oxygens (including phenoxy) is 2. The van der Waals surface area contributed by atoms with Crippen LogP contribution in [0.4, 0.5) is 0 Å². The lowest BCUT2D eigenvalue weighted by Crippen LogP contribution is -2.44. The molecule has 0 spiro atoms. The van der Waals surface area contributed by atoms with Gasteiger partial charge in [0.05, 0.1) is 18.2 Å². The average molecular weight is 460 g/mol. The summed E-state index contributed by atoms with van der Waals surface area (Å²) < 4.78 is 11.7. The molecule has 5 rings (SSSR count). The molecule has 2 aromatic carbocycles. The average Bonchev–Trinajstić information content (AvgIpc) is 3.01. The highest BCUT2D eigenvalue weighted by molar-refractivity contribution is 5.97. The molecule has 3 aromatic rings. The first-order chi connectivity index (χ1) is 16.7. The minimum atomic E-state index is -0.626. The Morgan fingerprint density at radius 2 is 1.85 bits per heavy atom. The van der Waals surface area contributed by atoms with Gasteiger partial charge in [0.15, 0.2) is 0 Å². The Bertz CT molecular complexity index is 1140. The van der Waals surface area contributed by atoms with Gasteiger partial charge in [-0.25, -0.2) is 0 Å². The highest BCUT2D eigenvalue weighted by atomic mass is 16.5. The summed E-state index contributed by atoms with van der Waals surface area (Å²) in [5.74, 6) is 1.03. The van der Waals surface area contributed by atoms with E-state index in [1.807, 2.05) is 12.1 Å². The first kappa shape index (κ1) is 22.4. The van der Waals surface area contributed by atoms with Gasteiger partial charge in [0.25, 0.3) is 5.91 Å². The summed E-state index contributed by atoms with van der Waals surface area (Å²) in [6.07, 6.45) is 3.81. The van der Waals surface area contributed by atoms with Crippen LogP contribution < -0.4 is 9.47 Å². The maximum absolute atomic E-state index is 13.2. The molecule has 34 heavy (non-hydrogen) atoms. The predicted octanol–water partition coefficient (Wildman–Crippen LogP) is 2.91. The molecule has 0 fully saturated rings. The molecule has 0 saturated carbocycles. The lowest BCUT2D eigenvalue weighted by atomic mass is 10.00. The molecule has 0 bridgehead atoms. The van der Waals surface area contributed by atoms with E-state index >= 15 is 0 Å². The molecule has 7 nitrogen and oxygen atoms in total. The zero-order chi connectivity index (χ0) is 23.3. The number of carbonyl (C=O) groups is 1. The second-order valence-corrected chi connectivity index (χ2v) is 8.81. The van der Waals surface area contributed by atoms with Crippen molar-refractivity contribution in [2.75, 3.05) is 32.8 Å². The Kier molecular flexibility index (Phi) is 6.74. The van der Waals surface area contributed by atoms with E-state index in [4.69, 9.17) is 9.47 Å². The molecule has 0 unspecified atom stereocenters. The smallest absolute Gasteiger partial charge is 0.257 e. The van der Waals surface area contributed by atoms with Gasteiger partial charge < -0.3 is 19.5 Å². The van der Waals surface area contributed by atoms with Crippen LogP contribution in [0.3, 0.4) is 0 Å². The van der Waals surface area contributed by atoms with Crippen LogP contribution in [0.15, 0.2) is 67.0 Å². The molecule has 1 atom stereocenters. The fraction of sp³-hybridized carbons (Fsp3) is 0.333. The number of aliphatic hydroxyl groups is 1. The monoisotopic (exact) mass is 459 g/mol. The number of aromatic nitrogens is 1. The molecule has 7 heteroatoms. The molecule has 3 heterocycles. The molecule has 0 aliphatic carbocycles. The number of rotatable bonds is 7. The van der Waals surface area contributed by atoms with Gasteiger partial charge in [-0.3, -0.25) is 14.7 Å². The number of hydrogen-bond acceptors (Lipinski definition) is 6. The lowest BCUT2D eigenvalue weighted by molar-refractivity contribution is 0.0501. The van der Waals surface area contributed by atoms with Crippen LogP contribution in [0.5, 0.6) is 11.5 Å². The van der Waals surface area contributed by atoms with Gasteiger partial charge in [0, 0.05) is 44.6 Å². The summed E-state index contributed by atoms with van der Waals surface area (Å²) in [4.78, 5) is 21.1. The highest BCUT2D eigenvalue weighted by Gasteiger charge is 2.27. The molecule has 2 aliphatic heterocycles. The van der Waals surface area contributed by atoms with Crippen molar-refractivity contribution >= 4 is 5.91 Å². The third kappa shape index (κ3) is 5.21. The van der Waals surface area contributed by atoms with E-state index in [1.54, 1.807) is 35.5 Å². The van der Waals surface area contributed by atoms with Gasteiger partial charge in [-0.15, -0.1) is 0 Å². The number of fused-ring (bicyclic) bond motifs is 2. The van der Waals surface area contributed by atoms with E-state index < -0.39 is 6.10 Å². The van der Waals surface area contributed by atoms with Gasteiger partial charge in [0.1, 0.15) is 24.7 Å². The van der Waals surface area contributed by atoms with E-state index in [2.05, 4.69) is 34.1 Å². The molecular formula is C27H29N3O4. The van der Waals surface area contributed by atoms with Crippen LogP contribution in [-0.2, 0) is 19.6 Å². The number of amides is 1. The number of aliphatic hydroxyl groups excluding tert-OH is 1. The van der Waals surface area contributed by atoms with Crippen molar-refractivity contribution in [2.24, 2.45) is 0 Å². The summed E-state index contributed by atoms with van der Waals surface area (Å²) in [6, 6.07) is 17.5. The van der Waals surface area contributed by atoms with E-state index in [9.17, 15) is 9.90 Å². The highest BCUT2D eigenvalue weighted by Crippen LogP contribution is 2.29. The first-order valence-electron chi connectivity index (χ1n) is 11.7. The van der Waals surface area contributed by atoms with Crippen LogP contribution in [-0.4, -0.2) is 64.7 Å². The van der Waals surface area contributed by atoms with E-state index in [0.717, 1.165) is 25.1 Å². The van der Waals surface area contributed by atoms with Crippen molar-refractivity contribution in [1.29, 1.82) is 0 Å². The molecule has 2 aliphatic rings. The molecule has 1 aromatic heterocycles. The van der Waals surface area contributed by atoms with E-state index in [-0.39, 0.29) is 12.5 Å².